The van der Waals surface area contributed by atoms with E-state index in [1.807, 2.05) is 37.3 Å². The van der Waals surface area contributed by atoms with Crippen molar-refractivity contribution in [3.05, 3.63) is 35.9 Å². The highest BCUT2D eigenvalue weighted by Crippen LogP contribution is 2.25. The molecule has 1 aromatic rings. The fourth-order valence-corrected chi connectivity index (χ4v) is 3.00. The Bertz CT molecular complexity index is 632. The maximum absolute atomic E-state index is 12.3. The zero-order chi connectivity index (χ0) is 18.6. The zero-order valence-electron chi connectivity index (χ0n) is 14.7. The van der Waals surface area contributed by atoms with Crippen molar-refractivity contribution < 1.29 is 19.5 Å². The first kappa shape index (κ1) is 18.8. The SMILES string of the molecule is CC(C)C(NC(=O)NC1CC(=O)N(C(C)c2ccccc2)C1)C(=O)O. The van der Waals surface area contributed by atoms with Gasteiger partial charge in [-0.3, -0.25) is 4.79 Å². The molecule has 0 aromatic heterocycles. The molecule has 25 heavy (non-hydrogen) atoms. The van der Waals surface area contributed by atoms with Crippen LogP contribution in [-0.2, 0) is 9.59 Å². The maximum atomic E-state index is 12.3. The quantitative estimate of drug-likeness (QED) is 0.730. The highest BCUT2D eigenvalue weighted by atomic mass is 16.4. The Hall–Kier alpha value is -2.57. The summed E-state index contributed by atoms with van der Waals surface area (Å²) >= 11 is 0. The number of nitrogens with one attached hydrogen (secondary N) is 2. The fraction of sp³-hybridized carbons (Fsp3) is 0.500. The summed E-state index contributed by atoms with van der Waals surface area (Å²) in [6, 6.07) is 7.76. The summed E-state index contributed by atoms with van der Waals surface area (Å²) in [5, 5.41) is 14.3. The third kappa shape index (κ3) is 4.71. The van der Waals surface area contributed by atoms with Crippen molar-refractivity contribution in [2.45, 2.75) is 45.3 Å². The molecule has 3 atom stereocenters. The Morgan fingerprint density at radius 2 is 1.84 bits per heavy atom. The van der Waals surface area contributed by atoms with Gasteiger partial charge in [-0.05, 0) is 18.4 Å². The summed E-state index contributed by atoms with van der Waals surface area (Å²) < 4.78 is 0. The number of rotatable bonds is 6. The molecular weight excluding hydrogens is 322 g/mol. The van der Waals surface area contributed by atoms with Gasteiger partial charge in [-0.2, -0.15) is 0 Å². The number of aliphatic carboxylic acids is 1. The number of hydrogen-bond acceptors (Lipinski definition) is 3. The van der Waals surface area contributed by atoms with Gasteiger partial charge < -0.3 is 20.6 Å². The summed E-state index contributed by atoms with van der Waals surface area (Å²) in [6.45, 7) is 5.81. The molecule has 0 aliphatic carbocycles. The van der Waals surface area contributed by atoms with Crippen LogP contribution in [0.1, 0.15) is 38.8 Å². The maximum Gasteiger partial charge on any atom is 0.326 e. The summed E-state index contributed by atoms with van der Waals surface area (Å²) in [6.07, 6.45) is 0.212. The number of benzene rings is 1. The highest BCUT2D eigenvalue weighted by Gasteiger charge is 2.34. The number of carboxylic acids is 1. The van der Waals surface area contributed by atoms with Gasteiger partial charge in [0, 0.05) is 13.0 Å². The van der Waals surface area contributed by atoms with Gasteiger partial charge in [0.15, 0.2) is 0 Å². The van der Waals surface area contributed by atoms with Crippen molar-refractivity contribution in [3.63, 3.8) is 0 Å². The molecule has 0 spiro atoms. The molecule has 3 N–H and O–H groups in total. The molecule has 1 aliphatic heterocycles. The van der Waals surface area contributed by atoms with Crippen molar-refractivity contribution in [1.82, 2.24) is 15.5 Å². The van der Waals surface area contributed by atoms with Crippen LogP contribution in [0, 0.1) is 5.92 Å². The molecule has 1 saturated heterocycles. The minimum Gasteiger partial charge on any atom is -0.480 e. The minimum absolute atomic E-state index is 0.0275. The van der Waals surface area contributed by atoms with E-state index in [1.165, 1.54) is 0 Å². The van der Waals surface area contributed by atoms with Crippen LogP contribution in [0.4, 0.5) is 4.79 Å². The minimum atomic E-state index is -1.08. The lowest BCUT2D eigenvalue weighted by Gasteiger charge is -2.25. The monoisotopic (exact) mass is 347 g/mol. The van der Waals surface area contributed by atoms with E-state index in [-0.39, 0.29) is 30.3 Å². The summed E-state index contributed by atoms with van der Waals surface area (Å²) in [5.74, 6) is -1.34. The molecule has 1 fully saturated rings. The normalized spacial score (nSPS) is 19.6. The standard InChI is InChI=1S/C18H25N3O4/c1-11(2)16(17(23)24)20-18(25)19-14-9-15(22)21(10-14)12(3)13-7-5-4-6-8-13/h4-8,11-12,14,16H,9-10H2,1-3H3,(H,23,24)(H2,19,20,25). The van der Waals surface area contributed by atoms with Crippen molar-refractivity contribution >= 4 is 17.9 Å². The van der Waals surface area contributed by atoms with Gasteiger partial charge in [-0.15, -0.1) is 0 Å². The topological polar surface area (TPSA) is 98.7 Å². The molecule has 7 nitrogen and oxygen atoms in total. The number of urea groups is 1. The van der Waals surface area contributed by atoms with Crippen LogP contribution in [0.3, 0.4) is 0 Å². The molecule has 2 rings (SSSR count). The zero-order valence-corrected chi connectivity index (χ0v) is 14.7. The van der Waals surface area contributed by atoms with Crippen molar-refractivity contribution in [2.24, 2.45) is 5.92 Å². The number of amides is 3. The number of hydrogen-bond donors (Lipinski definition) is 3. The number of carboxylic acid groups (broad SMARTS) is 1. The summed E-state index contributed by atoms with van der Waals surface area (Å²) in [5.41, 5.74) is 1.03. The Kier molecular flexibility index (Phi) is 6.01. The van der Waals surface area contributed by atoms with Crippen LogP contribution in [-0.4, -0.2) is 46.5 Å². The van der Waals surface area contributed by atoms with Gasteiger partial charge in [0.05, 0.1) is 12.1 Å². The lowest BCUT2D eigenvalue weighted by Crippen LogP contribution is -2.51. The largest absolute Gasteiger partial charge is 0.480 e. The molecule has 3 unspecified atom stereocenters. The molecule has 0 bridgehead atoms. The van der Waals surface area contributed by atoms with E-state index in [0.717, 1.165) is 5.56 Å². The third-order valence-corrected chi connectivity index (χ3v) is 4.46. The second-order valence-electron chi connectivity index (χ2n) is 6.71. The van der Waals surface area contributed by atoms with Crippen LogP contribution in [0.25, 0.3) is 0 Å². The lowest BCUT2D eigenvalue weighted by molar-refractivity contribution is -0.140. The Morgan fingerprint density at radius 3 is 2.40 bits per heavy atom. The van der Waals surface area contributed by atoms with Gasteiger partial charge in [-0.1, -0.05) is 44.2 Å². The Labute approximate surface area is 147 Å². The van der Waals surface area contributed by atoms with Crippen LogP contribution in [0.15, 0.2) is 30.3 Å². The van der Waals surface area contributed by atoms with E-state index < -0.39 is 18.0 Å². The fourth-order valence-electron chi connectivity index (χ4n) is 3.00. The lowest BCUT2D eigenvalue weighted by atomic mass is 10.1. The predicted molar refractivity (Wildman–Crippen MR) is 92.9 cm³/mol. The van der Waals surface area contributed by atoms with Gasteiger partial charge in [0.25, 0.3) is 0 Å². The van der Waals surface area contributed by atoms with Gasteiger partial charge in [-0.25, -0.2) is 9.59 Å². The van der Waals surface area contributed by atoms with E-state index in [9.17, 15) is 14.4 Å². The summed E-state index contributed by atoms with van der Waals surface area (Å²) in [7, 11) is 0. The molecule has 7 heteroatoms. The first-order valence-electron chi connectivity index (χ1n) is 8.43. The predicted octanol–water partition coefficient (Wildman–Crippen LogP) is 1.76. The molecule has 0 saturated carbocycles. The molecule has 0 radical (unpaired) electrons. The number of carbonyl (C=O) groups excluding carboxylic acids is 2. The molecule has 3 amide bonds. The average molecular weight is 347 g/mol. The van der Waals surface area contributed by atoms with Crippen molar-refractivity contribution in [3.8, 4) is 0 Å². The molecular formula is C18H25N3O4. The van der Waals surface area contributed by atoms with Gasteiger partial charge in [0.1, 0.15) is 6.04 Å². The second-order valence-corrected chi connectivity index (χ2v) is 6.71. The highest BCUT2D eigenvalue weighted by molar-refractivity contribution is 5.84. The van der Waals surface area contributed by atoms with E-state index in [2.05, 4.69) is 10.6 Å². The smallest absolute Gasteiger partial charge is 0.326 e. The van der Waals surface area contributed by atoms with Crippen molar-refractivity contribution in [1.29, 1.82) is 0 Å². The van der Waals surface area contributed by atoms with Crippen LogP contribution in [0.2, 0.25) is 0 Å². The Morgan fingerprint density at radius 1 is 1.20 bits per heavy atom. The van der Waals surface area contributed by atoms with Crippen LogP contribution >= 0.6 is 0 Å². The van der Waals surface area contributed by atoms with Crippen molar-refractivity contribution in [2.75, 3.05) is 6.54 Å². The molecule has 136 valence electrons. The van der Waals surface area contributed by atoms with E-state index >= 15 is 0 Å². The van der Waals surface area contributed by atoms with Gasteiger partial charge >= 0.3 is 12.0 Å². The number of nitrogens with zero attached hydrogens (tertiary/aromatic N) is 1. The third-order valence-electron chi connectivity index (χ3n) is 4.46. The molecule has 1 aromatic carbocycles. The van der Waals surface area contributed by atoms with Gasteiger partial charge in [0.2, 0.25) is 5.91 Å². The van der Waals surface area contributed by atoms with E-state index in [0.29, 0.717) is 6.54 Å². The summed E-state index contributed by atoms with van der Waals surface area (Å²) in [4.78, 5) is 37.2. The first-order valence-corrected chi connectivity index (χ1v) is 8.43. The number of likely N-dealkylation sites (tertiary alicyclic amines) is 1. The average Bonchev–Trinajstić information content (AvgIpc) is 2.92. The van der Waals surface area contributed by atoms with E-state index in [4.69, 9.17) is 5.11 Å². The molecule has 1 aliphatic rings. The number of carbonyl (C=O) groups is 3. The van der Waals surface area contributed by atoms with E-state index in [1.54, 1.807) is 18.7 Å². The van der Waals surface area contributed by atoms with Crippen LogP contribution in [0.5, 0.6) is 0 Å². The van der Waals surface area contributed by atoms with Crippen LogP contribution < -0.4 is 10.6 Å². The Balaban J connectivity index is 1.94. The first-order chi connectivity index (χ1) is 11.8. The molecule has 1 heterocycles. The second kappa shape index (κ2) is 8.00.